The van der Waals surface area contributed by atoms with Gasteiger partial charge in [0.1, 0.15) is 12.4 Å². The van der Waals surface area contributed by atoms with Gasteiger partial charge in [-0.3, -0.25) is 4.98 Å². The highest BCUT2D eigenvalue weighted by Crippen LogP contribution is 2.18. The molecule has 1 aliphatic rings. The van der Waals surface area contributed by atoms with Crippen molar-refractivity contribution in [2.75, 3.05) is 0 Å². The molecule has 1 aliphatic carbocycles. The number of fused-ring (bicyclic) bond motifs is 1. The lowest BCUT2D eigenvalue weighted by Crippen LogP contribution is -1.94. The predicted molar refractivity (Wildman–Crippen MR) is 114 cm³/mol. The van der Waals surface area contributed by atoms with Crippen molar-refractivity contribution in [1.29, 1.82) is 0 Å². The Morgan fingerprint density at radius 2 is 1.59 bits per heavy atom. The Hall–Kier alpha value is -3.13. The van der Waals surface area contributed by atoms with Crippen molar-refractivity contribution in [2.45, 2.75) is 26.9 Å². The molecule has 0 fully saturated rings. The maximum absolute atomic E-state index is 5.63. The zero-order chi connectivity index (χ0) is 18.9. The lowest BCUT2D eigenvalue weighted by Gasteiger charge is -2.05. The van der Waals surface area contributed by atoms with Crippen LogP contribution in [0.3, 0.4) is 0 Å². The Morgan fingerprint density at radius 3 is 2.37 bits per heavy atom. The van der Waals surface area contributed by atoms with E-state index in [2.05, 4.69) is 67.4 Å². The second-order valence-corrected chi connectivity index (χ2v) is 6.55. The number of allylic oxidation sites excluding steroid dienone is 2. The molecule has 1 aromatic heterocycles. The quantitative estimate of drug-likeness (QED) is 0.543. The van der Waals surface area contributed by atoms with Crippen molar-refractivity contribution in [1.82, 2.24) is 4.98 Å². The van der Waals surface area contributed by atoms with Crippen LogP contribution in [0.5, 0.6) is 5.75 Å². The molecule has 2 heteroatoms. The van der Waals surface area contributed by atoms with Crippen LogP contribution in [0.4, 0.5) is 0 Å². The summed E-state index contributed by atoms with van der Waals surface area (Å²) >= 11 is 0. The van der Waals surface area contributed by atoms with Gasteiger partial charge in [-0.25, -0.2) is 0 Å². The second-order valence-electron chi connectivity index (χ2n) is 6.55. The number of hydrogen-bond donors (Lipinski definition) is 0. The van der Waals surface area contributed by atoms with Crippen LogP contribution >= 0.6 is 0 Å². The lowest BCUT2D eigenvalue weighted by atomic mass is 10.1. The van der Waals surface area contributed by atoms with Crippen LogP contribution in [-0.2, 0) is 6.61 Å². The number of pyridine rings is 1. The van der Waals surface area contributed by atoms with Gasteiger partial charge in [-0.05, 0) is 55.7 Å². The fraction of sp³-hybridized carbons (Fsp3) is 0.160. The third-order valence-electron chi connectivity index (χ3n) is 4.34. The third-order valence-corrected chi connectivity index (χ3v) is 4.34. The molecular formula is C25H25NO. The molecule has 0 unspecified atom stereocenters. The number of aromatic nitrogens is 1. The monoisotopic (exact) mass is 355 g/mol. The number of para-hydroxylation sites is 1. The molecule has 2 aromatic carbocycles. The SMILES string of the molecule is Cc1ccc(COc2ccccc2)cc1.Cc1ccnc2c1C=CCC=C2. The van der Waals surface area contributed by atoms with Gasteiger partial charge in [-0.15, -0.1) is 0 Å². The number of nitrogens with zero attached hydrogens (tertiary/aromatic N) is 1. The molecule has 0 bridgehead atoms. The van der Waals surface area contributed by atoms with E-state index in [4.69, 9.17) is 4.74 Å². The van der Waals surface area contributed by atoms with Gasteiger partial charge in [0.25, 0.3) is 0 Å². The van der Waals surface area contributed by atoms with Crippen molar-refractivity contribution in [2.24, 2.45) is 0 Å². The summed E-state index contributed by atoms with van der Waals surface area (Å²) in [5.41, 5.74) is 6.11. The van der Waals surface area contributed by atoms with E-state index >= 15 is 0 Å². The van der Waals surface area contributed by atoms with E-state index in [0.29, 0.717) is 6.61 Å². The van der Waals surface area contributed by atoms with Crippen molar-refractivity contribution in [3.63, 3.8) is 0 Å². The standard InChI is InChI=1S/C14H14O.C11H11N/c1-12-7-9-13(10-8-12)11-15-14-5-3-2-4-6-14;1-9-7-8-12-11-6-4-2-3-5-10(9)11/h2-10H,11H2,1H3;3-8H,2H2,1H3. The van der Waals surface area contributed by atoms with Gasteiger partial charge in [-0.1, -0.05) is 66.3 Å². The summed E-state index contributed by atoms with van der Waals surface area (Å²) in [7, 11) is 0. The molecule has 0 aliphatic heterocycles. The average molecular weight is 355 g/mol. The van der Waals surface area contributed by atoms with Gasteiger partial charge in [0.15, 0.2) is 0 Å². The average Bonchev–Trinajstić information content (AvgIpc) is 2.96. The summed E-state index contributed by atoms with van der Waals surface area (Å²) in [6, 6.07) is 20.3. The van der Waals surface area contributed by atoms with Gasteiger partial charge < -0.3 is 4.74 Å². The van der Waals surface area contributed by atoms with Crippen LogP contribution in [0.25, 0.3) is 12.2 Å². The number of ether oxygens (including phenoxy) is 1. The Bertz CT molecular complexity index is 909. The van der Waals surface area contributed by atoms with Gasteiger partial charge in [0.05, 0.1) is 5.69 Å². The highest BCUT2D eigenvalue weighted by atomic mass is 16.5. The first-order valence-corrected chi connectivity index (χ1v) is 9.24. The lowest BCUT2D eigenvalue weighted by molar-refractivity contribution is 0.306. The first-order valence-electron chi connectivity index (χ1n) is 9.24. The van der Waals surface area contributed by atoms with Gasteiger partial charge >= 0.3 is 0 Å². The van der Waals surface area contributed by atoms with Gasteiger partial charge in [-0.2, -0.15) is 0 Å². The van der Waals surface area contributed by atoms with Crippen LogP contribution in [0.1, 0.15) is 34.4 Å². The highest BCUT2D eigenvalue weighted by Gasteiger charge is 2.01. The summed E-state index contributed by atoms with van der Waals surface area (Å²) in [6.07, 6.45) is 11.4. The topological polar surface area (TPSA) is 22.1 Å². The summed E-state index contributed by atoms with van der Waals surface area (Å²) in [5.74, 6) is 0.915. The first-order chi connectivity index (χ1) is 13.2. The van der Waals surface area contributed by atoms with E-state index < -0.39 is 0 Å². The molecule has 0 saturated carbocycles. The minimum Gasteiger partial charge on any atom is -0.489 e. The van der Waals surface area contributed by atoms with Crippen LogP contribution in [-0.4, -0.2) is 4.98 Å². The fourth-order valence-electron chi connectivity index (χ4n) is 2.75. The Kier molecular flexibility index (Phi) is 6.59. The zero-order valence-electron chi connectivity index (χ0n) is 15.9. The zero-order valence-corrected chi connectivity index (χ0v) is 15.9. The molecule has 136 valence electrons. The number of hydrogen-bond acceptors (Lipinski definition) is 2. The van der Waals surface area contributed by atoms with E-state index in [-0.39, 0.29) is 0 Å². The molecule has 4 rings (SSSR count). The second kappa shape index (κ2) is 9.54. The van der Waals surface area contributed by atoms with E-state index in [1.165, 1.54) is 22.3 Å². The minimum absolute atomic E-state index is 0.629. The van der Waals surface area contributed by atoms with E-state index in [1.54, 1.807) is 0 Å². The summed E-state index contributed by atoms with van der Waals surface area (Å²) in [6.45, 7) is 4.83. The van der Waals surface area contributed by atoms with E-state index in [1.807, 2.05) is 42.6 Å². The Morgan fingerprint density at radius 1 is 0.852 bits per heavy atom. The minimum atomic E-state index is 0.629. The number of rotatable bonds is 3. The molecule has 0 atom stereocenters. The molecule has 0 amide bonds. The van der Waals surface area contributed by atoms with Crippen molar-refractivity contribution in [3.05, 3.63) is 107 Å². The van der Waals surface area contributed by atoms with Crippen LogP contribution in [0.2, 0.25) is 0 Å². The van der Waals surface area contributed by atoms with Crippen LogP contribution in [0.15, 0.2) is 79.0 Å². The molecule has 2 nitrogen and oxygen atoms in total. The van der Waals surface area contributed by atoms with Crippen molar-refractivity contribution >= 4 is 12.2 Å². The first kappa shape index (κ1) is 18.7. The van der Waals surface area contributed by atoms with Crippen molar-refractivity contribution < 1.29 is 4.74 Å². The molecule has 1 heterocycles. The molecule has 3 aromatic rings. The summed E-state index contributed by atoms with van der Waals surface area (Å²) < 4.78 is 5.63. The maximum atomic E-state index is 5.63. The van der Waals surface area contributed by atoms with Crippen LogP contribution < -0.4 is 4.74 Å². The molecule has 0 spiro atoms. The highest BCUT2D eigenvalue weighted by molar-refractivity contribution is 5.66. The number of aryl methyl sites for hydroxylation is 2. The van der Waals surface area contributed by atoms with Gasteiger partial charge in [0, 0.05) is 11.8 Å². The van der Waals surface area contributed by atoms with Crippen molar-refractivity contribution in [3.8, 4) is 5.75 Å². The molecular weight excluding hydrogens is 330 g/mol. The molecule has 0 radical (unpaired) electrons. The maximum Gasteiger partial charge on any atom is 0.119 e. The predicted octanol–water partition coefficient (Wildman–Crippen LogP) is 6.39. The normalized spacial score (nSPS) is 11.8. The van der Waals surface area contributed by atoms with Crippen LogP contribution in [0, 0.1) is 13.8 Å². The summed E-state index contributed by atoms with van der Waals surface area (Å²) in [4.78, 5) is 4.30. The summed E-state index contributed by atoms with van der Waals surface area (Å²) in [5, 5.41) is 0. The largest absolute Gasteiger partial charge is 0.489 e. The number of benzene rings is 2. The molecule has 0 saturated heterocycles. The van der Waals surface area contributed by atoms with E-state index in [0.717, 1.165) is 17.9 Å². The third kappa shape index (κ3) is 5.68. The van der Waals surface area contributed by atoms with Gasteiger partial charge in [0.2, 0.25) is 0 Å². The smallest absolute Gasteiger partial charge is 0.119 e. The Labute approximate surface area is 161 Å². The molecule has 0 N–H and O–H groups in total. The fourth-order valence-corrected chi connectivity index (χ4v) is 2.75. The van der Waals surface area contributed by atoms with E-state index in [9.17, 15) is 0 Å². The Balaban J connectivity index is 0.000000159. The molecule has 27 heavy (non-hydrogen) atoms.